The summed E-state index contributed by atoms with van der Waals surface area (Å²) in [5.74, 6) is 2.06. The Kier molecular flexibility index (Phi) is 3.92. The molecule has 2 aliphatic heterocycles. The summed E-state index contributed by atoms with van der Waals surface area (Å²) < 4.78 is 0. The van der Waals surface area contributed by atoms with Crippen LogP contribution in [0.1, 0.15) is 19.8 Å². The highest BCUT2D eigenvalue weighted by Gasteiger charge is 2.24. The number of amides is 1. The number of hydrogen-bond donors (Lipinski definition) is 1. The van der Waals surface area contributed by atoms with E-state index in [0.29, 0.717) is 17.1 Å². The first-order chi connectivity index (χ1) is 7.25. The lowest BCUT2D eigenvalue weighted by atomic mass is 10.0. The molecule has 3 nitrogen and oxygen atoms in total. The normalized spacial score (nSPS) is 31.9. The molecular weight excluding hydrogens is 208 g/mol. The van der Waals surface area contributed by atoms with Crippen molar-refractivity contribution in [3.8, 4) is 0 Å². The van der Waals surface area contributed by atoms with Crippen molar-refractivity contribution in [3.63, 3.8) is 0 Å². The molecule has 2 heterocycles. The van der Waals surface area contributed by atoms with Gasteiger partial charge >= 0.3 is 0 Å². The van der Waals surface area contributed by atoms with Gasteiger partial charge in [0.25, 0.3) is 0 Å². The lowest BCUT2D eigenvalue weighted by molar-refractivity contribution is -0.131. The van der Waals surface area contributed by atoms with E-state index in [9.17, 15) is 4.79 Å². The molecule has 0 aliphatic carbocycles. The first kappa shape index (κ1) is 11.3. The highest BCUT2D eigenvalue weighted by molar-refractivity contribution is 7.99. The van der Waals surface area contributed by atoms with Gasteiger partial charge in [0.15, 0.2) is 0 Å². The second-order valence-corrected chi connectivity index (χ2v) is 6.13. The number of carbonyl (C=O) groups excluding carboxylic acids is 1. The Bertz CT molecular complexity index is 229. The zero-order valence-electron chi connectivity index (χ0n) is 9.37. The van der Waals surface area contributed by atoms with Crippen LogP contribution in [0.4, 0.5) is 0 Å². The van der Waals surface area contributed by atoms with Crippen LogP contribution in [-0.2, 0) is 4.79 Å². The Morgan fingerprint density at radius 1 is 1.60 bits per heavy atom. The Hall–Kier alpha value is -0.220. The molecule has 4 heteroatoms. The number of thioether (sulfide) groups is 1. The van der Waals surface area contributed by atoms with Crippen LogP contribution in [0.5, 0.6) is 0 Å². The predicted octanol–water partition coefficient (Wildman–Crippen LogP) is 0.950. The summed E-state index contributed by atoms with van der Waals surface area (Å²) in [6.07, 6.45) is 1.92. The van der Waals surface area contributed by atoms with E-state index in [1.807, 2.05) is 11.8 Å². The van der Waals surface area contributed by atoms with Crippen molar-refractivity contribution in [2.75, 3.05) is 31.9 Å². The lowest BCUT2D eigenvalue weighted by Gasteiger charge is -2.31. The van der Waals surface area contributed by atoms with Gasteiger partial charge < -0.3 is 10.2 Å². The van der Waals surface area contributed by atoms with Crippen molar-refractivity contribution < 1.29 is 4.79 Å². The summed E-state index contributed by atoms with van der Waals surface area (Å²) in [6, 6.07) is 0. The zero-order valence-corrected chi connectivity index (χ0v) is 10.2. The standard InChI is InChI=1S/C11H20N2OS/c1-9-8-13(4-5-15-9)11(14)6-10-2-3-12-7-10/h9-10,12H,2-8H2,1H3. The van der Waals surface area contributed by atoms with Gasteiger partial charge in [0.05, 0.1) is 0 Å². The van der Waals surface area contributed by atoms with Crippen LogP contribution in [0.3, 0.4) is 0 Å². The van der Waals surface area contributed by atoms with Crippen LogP contribution in [0.25, 0.3) is 0 Å². The average Bonchev–Trinajstić information content (AvgIpc) is 2.70. The number of nitrogens with zero attached hydrogens (tertiary/aromatic N) is 1. The van der Waals surface area contributed by atoms with Crippen LogP contribution >= 0.6 is 11.8 Å². The van der Waals surface area contributed by atoms with E-state index >= 15 is 0 Å². The van der Waals surface area contributed by atoms with E-state index in [4.69, 9.17) is 0 Å². The SMILES string of the molecule is CC1CN(C(=O)CC2CCNC2)CCS1. The summed E-state index contributed by atoms with van der Waals surface area (Å²) in [5.41, 5.74) is 0. The number of hydrogen-bond acceptors (Lipinski definition) is 3. The Morgan fingerprint density at radius 3 is 3.13 bits per heavy atom. The third kappa shape index (κ3) is 3.11. The maximum atomic E-state index is 12.0. The van der Waals surface area contributed by atoms with Gasteiger partial charge in [-0.1, -0.05) is 6.92 Å². The molecule has 2 unspecified atom stereocenters. The van der Waals surface area contributed by atoms with Crippen LogP contribution in [0.15, 0.2) is 0 Å². The summed E-state index contributed by atoms with van der Waals surface area (Å²) in [5, 5.41) is 3.93. The monoisotopic (exact) mass is 228 g/mol. The van der Waals surface area contributed by atoms with Gasteiger partial charge in [-0.15, -0.1) is 0 Å². The number of carbonyl (C=O) groups is 1. The smallest absolute Gasteiger partial charge is 0.222 e. The molecular formula is C11H20N2OS. The highest BCUT2D eigenvalue weighted by atomic mass is 32.2. The van der Waals surface area contributed by atoms with E-state index in [0.717, 1.165) is 38.4 Å². The molecule has 0 aromatic carbocycles. The second kappa shape index (κ2) is 5.21. The third-order valence-corrected chi connectivity index (χ3v) is 4.36. The van der Waals surface area contributed by atoms with Gasteiger partial charge in [-0.05, 0) is 25.4 Å². The van der Waals surface area contributed by atoms with Crippen LogP contribution in [-0.4, -0.2) is 48.0 Å². The molecule has 15 heavy (non-hydrogen) atoms. The van der Waals surface area contributed by atoms with Crippen LogP contribution in [0.2, 0.25) is 0 Å². The van der Waals surface area contributed by atoms with Crippen LogP contribution < -0.4 is 5.32 Å². The van der Waals surface area contributed by atoms with Gasteiger partial charge in [-0.2, -0.15) is 11.8 Å². The van der Waals surface area contributed by atoms with E-state index < -0.39 is 0 Å². The second-order valence-electron chi connectivity index (χ2n) is 4.58. The summed E-state index contributed by atoms with van der Waals surface area (Å²) in [7, 11) is 0. The van der Waals surface area contributed by atoms with Gasteiger partial charge in [-0.25, -0.2) is 0 Å². The Morgan fingerprint density at radius 2 is 2.47 bits per heavy atom. The van der Waals surface area contributed by atoms with Crippen molar-refractivity contribution in [3.05, 3.63) is 0 Å². The minimum Gasteiger partial charge on any atom is -0.341 e. The molecule has 2 aliphatic rings. The van der Waals surface area contributed by atoms with E-state index in [1.165, 1.54) is 6.42 Å². The molecule has 2 saturated heterocycles. The summed E-state index contributed by atoms with van der Waals surface area (Å²) in [6.45, 7) is 6.23. The first-order valence-electron chi connectivity index (χ1n) is 5.86. The fourth-order valence-corrected chi connectivity index (χ4v) is 3.32. The molecule has 0 spiro atoms. The third-order valence-electron chi connectivity index (χ3n) is 3.22. The largest absolute Gasteiger partial charge is 0.341 e. The highest BCUT2D eigenvalue weighted by Crippen LogP contribution is 2.20. The lowest BCUT2D eigenvalue weighted by Crippen LogP contribution is -2.41. The first-order valence-corrected chi connectivity index (χ1v) is 6.90. The molecule has 0 saturated carbocycles. The summed E-state index contributed by atoms with van der Waals surface area (Å²) >= 11 is 1.98. The Labute approximate surface area is 96.0 Å². The molecule has 1 amide bonds. The maximum Gasteiger partial charge on any atom is 0.222 e. The molecule has 0 aromatic heterocycles. The molecule has 0 aromatic rings. The molecule has 2 fully saturated rings. The van der Waals surface area contributed by atoms with Crippen molar-refractivity contribution in [2.24, 2.45) is 5.92 Å². The average molecular weight is 228 g/mol. The molecule has 0 bridgehead atoms. The van der Waals surface area contributed by atoms with Crippen molar-refractivity contribution >= 4 is 17.7 Å². The van der Waals surface area contributed by atoms with E-state index in [2.05, 4.69) is 17.1 Å². The molecule has 86 valence electrons. The number of rotatable bonds is 2. The molecule has 0 radical (unpaired) electrons. The zero-order chi connectivity index (χ0) is 10.7. The van der Waals surface area contributed by atoms with Gasteiger partial charge in [0, 0.05) is 30.5 Å². The fourth-order valence-electron chi connectivity index (χ4n) is 2.31. The molecule has 1 N–H and O–H groups in total. The summed E-state index contributed by atoms with van der Waals surface area (Å²) in [4.78, 5) is 14.0. The number of nitrogens with one attached hydrogen (secondary N) is 1. The van der Waals surface area contributed by atoms with Crippen molar-refractivity contribution in [1.82, 2.24) is 10.2 Å². The van der Waals surface area contributed by atoms with Crippen LogP contribution in [0, 0.1) is 5.92 Å². The van der Waals surface area contributed by atoms with E-state index in [1.54, 1.807) is 0 Å². The Balaban J connectivity index is 1.78. The van der Waals surface area contributed by atoms with Gasteiger partial charge in [0.2, 0.25) is 5.91 Å². The van der Waals surface area contributed by atoms with E-state index in [-0.39, 0.29) is 0 Å². The minimum absolute atomic E-state index is 0.371. The molecule has 2 atom stereocenters. The topological polar surface area (TPSA) is 32.3 Å². The van der Waals surface area contributed by atoms with Gasteiger partial charge in [0.1, 0.15) is 0 Å². The fraction of sp³-hybridized carbons (Fsp3) is 0.909. The van der Waals surface area contributed by atoms with Crippen molar-refractivity contribution in [2.45, 2.75) is 25.0 Å². The quantitative estimate of drug-likeness (QED) is 0.764. The van der Waals surface area contributed by atoms with Gasteiger partial charge in [-0.3, -0.25) is 4.79 Å². The van der Waals surface area contributed by atoms with Crippen molar-refractivity contribution in [1.29, 1.82) is 0 Å². The molecule has 2 rings (SSSR count). The maximum absolute atomic E-state index is 12.0. The minimum atomic E-state index is 0.371. The predicted molar refractivity (Wildman–Crippen MR) is 64.1 cm³/mol.